The van der Waals surface area contributed by atoms with Crippen molar-refractivity contribution in [2.45, 2.75) is 37.8 Å². The van der Waals surface area contributed by atoms with Crippen LogP contribution in [0.15, 0.2) is 30.7 Å². The molecular formula is C15H19N5O. The molecule has 3 rings (SSSR count). The lowest BCUT2D eigenvalue weighted by Crippen LogP contribution is -2.28. The summed E-state index contributed by atoms with van der Waals surface area (Å²) in [6.07, 6.45) is 8.70. The third-order valence-corrected chi connectivity index (χ3v) is 3.80. The molecule has 0 amide bonds. The zero-order chi connectivity index (χ0) is 14.7. The Hall–Kier alpha value is -2.21. The molecular weight excluding hydrogens is 266 g/mol. The van der Waals surface area contributed by atoms with Gasteiger partial charge < -0.3 is 16.2 Å². The number of nitrogen functional groups attached to an aromatic ring is 1. The number of nitrogens with one attached hydrogen (secondary N) is 1. The van der Waals surface area contributed by atoms with Crippen LogP contribution < -0.4 is 11.1 Å². The van der Waals surface area contributed by atoms with Crippen LogP contribution in [0.25, 0.3) is 11.1 Å². The minimum absolute atomic E-state index is 0.149. The lowest BCUT2D eigenvalue weighted by atomic mass is 9.93. The van der Waals surface area contributed by atoms with Crippen LogP contribution in [0, 0.1) is 0 Å². The van der Waals surface area contributed by atoms with Gasteiger partial charge in [-0.3, -0.25) is 0 Å². The number of hydrogen-bond donors (Lipinski definition) is 3. The molecule has 0 unspecified atom stereocenters. The fourth-order valence-electron chi connectivity index (χ4n) is 2.53. The van der Waals surface area contributed by atoms with E-state index >= 15 is 0 Å². The number of anilines is 2. The van der Waals surface area contributed by atoms with E-state index in [0.717, 1.165) is 36.8 Å². The van der Waals surface area contributed by atoms with Crippen molar-refractivity contribution in [2.24, 2.45) is 0 Å². The predicted molar refractivity (Wildman–Crippen MR) is 81.6 cm³/mol. The summed E-state index contributed by atoms with van der Waals surface area (Å²) in [6, 6.07) is 4.00. The Labute approximate surface area is 123 Å². The summed E-state index contributed by atoms with van der Waals surface area (Å²) in [5, 5.41) is 12.8. The average molecular weight is 285 g/mol. The number of nitrogens with two attached hydrogens (primary N) is 1. The molecule has 2 aromatic heterocycles. The van der Waals surface area contributed by atoms with Gasteiger partial charge >= 0.3 is 0 Å². The number of nitrogens with zero attached hydrogens (tertiary/aromatic N) is 3. The van der Waals surface area contributed by atoms with Gasteiger partial charge in [0.05, 0.1) is 6.10 Å². The van der Waals surface area contributed by atoms with Gasteiger partial charge in [-0.25, -0.2) is 15.0 Å². The highest BCUT2D eigenvalue weighted by Crippen LogP contribution is 2.22. The largest absolute Gasteiger partial charge is 0.393 e. The van der Waals surface area contributed by atoms with Gasteiger partial charge in [-0.1, -0.05) is 0 Å². The molecule has 6 nitrogen and oxygen atoms in total. The third kappa shape index (κ3) is 3.46. The molecule has 0 spiro atoms. The van der Waals surface area contributed by atoms with Gasteiger partial charge in [0.25, 0.3) is 0 Å². The van der Waals surface area contributed by atoms with Gasteiger partial charge in [-0.15, -0.1) is 0 Å². The molecule has 0 aromatic carbocycles. The smallest absolute Gasteiger partial charge is 0.222 e. The maximum absolute atomic E-state index is 9.50. The van der Waals surface area contributed by atoms with Gasteiger partial charge in [0.15, 0.2) is 0 Å². The first-order chi connectivity index (χ1) is 10.2. The lowest BCUT2D eigenvalue weighted by molar-refractivity contribution is 0.126. The van der Waals surface area contributed by atoms with E-state index in [2.05, 4.69) is 20.3 Å². The SMILES string of the molecule is Nc1ccc(-c2cnc(NC3CCC(O)CC3)nc2)cn1. The molecule has 0 radical (unpaired) electrons. The summed E-state index contributed by atoms with van der Waals surface area (Å²) in [5.74, 6) is 1.13. The molecule has 110 valence electrons. The Morgan fingerprint density at radius 3 is 2.24 bits per heavy atom. The fraction of sp³-hybridized carbons (Fsp3) is 0.400. The summed E-state index contributed by atoms with van der Waals surface area (Å²) in [5.41, 5.74) is 7.42. The van der Waals surface area contributed by atoms with Crippen LogP contribution in [0.4, 0.5) is 11.8 Å². The summed E-state index contributed by atoms with van der Waals surface area (Å²) in [6.45, 7) is 0. The monoisotopic (exact) mass is 285 g/mol. The second-order valence-corrected chi connectivity index (χ2v) is 5.42. The Balaban J connectivity index is 1.65. The third-order valence-electron chi connectivity index (χ3n) is 3.80. The minimum Gasteiger partial charge on any atom is -0.393 e. The van der Waals surface area contributed by atoms with Crippen LogP contribution in [-0.2, 0) is 0 Å². The van der Waals surface area contributed by atoms with E-state index < -0.39 is 0 Å². The average Bonchev–Trinajstić information content (AvgIpc) is 2.51. The molecule has 6 heteroatoms. The van der Waals surface area contributed by atoms with Crippen LogP contribution >= 0.6 is 0 Å². The Kier molecular flexibility index (Phi) is 3.96. The van der Waals surface area contributed by atoms with Crippen LogP contribution in [0.5, 0.6) is 0 Å². The van der Waals surface area contributed by atoms with E-state index in [1.807, 2.05) is 6.07 Å². The normalized spacial score (nSPS) is 22.0. The van der Waals surface area contributed by atoms with E-state index in [1.165, 1.54) is 0 Å². The van der Waals surface area contributed by atoms with Crippen molar-refractivity contribution in [3.63, 3.8) is 0 Å². The van der Waals surface area contributed by atoms with E-state index in [-0.39, 0.29) is 6.10 Å². The molecule has 21 heavy (non-hydrogen) atoms. The molecule has 0 atom stereocenters. The van der Waals surface area contributed by atoms with Crippen molar-refractivity contribution in [1.29, 1.82) is 0 Å². The predicted octanol–water partition coefficient (Wildman–Crippen LogP) is 1.84. The second kappa shape index (κ2) is 6.05. The quantitative estimate of drug-likeness (QED) is 0.796. The maximum Gasteiger partial charge on any atom is 0.222 e. The van der Waals surface area contributed by atoms with Crippen molar-refractivity contribution < 1.29 is 5.11 Å². The van der Waals surface area contributed by atoms with Gasteiger partial charge in [-0.05, 0) is 37.8 Å². The molecule has 1 aliphatic carbocycles. The van der Waals surface area contributed by atoms with E-state index in [0.29, 0.717) is 17.8 Å². The van der Waals surface area contributed by atoms with Crippen molar-refractivity contribution in [3.8, 4) is 11.1 Å². The highest BCUT2D eigenvalue weighted by atomic mass is 16.3. The van der Waals surface area contributed by atoms with Crippen molar-refractivity contribution in [2.75, 3.05) is 11.1 Å². The topological polar surface area (TPSA) is 97.0 Å². The number of rotatable bonds is 3. The van der Waals surface area contributed by atoms with Crippen molar-refractivity contribution in [1.82, 2.24) is 15.0 Å². The highest BCUT2D eigenvalue weighted by molar-refractivity contribution is 5.62. The summed E-state index contributed by atoms with van der Waals surface area (Å²) in [7, 11) is 0. The first-order valence-corrected chi connectivity index (χ1v) is 7.19. The fourth-order valence-corrected chi connectivity index (χ4v) is 2.53. The van der Waals surface area contributed by atoms with Gasteiger partial charge in [0, 0.05) is 35.8 Å². The highest BCUT2D eigenvalue weighted by Gasteiger charge is 2.19. The maximum atomic E-state index is 9.50. The molecule has 0 aliphatic heterocycles. The first-order valence-electron chi connectivity index (χ1n) is 7.19. The van der Waals surface area contributed by atoms with Crippen LogP contribution in [0.2, 0.25) is 0 Å². The molecule has 2 aromatic rings. The second-order valence-electron chi connectivity index (χ2n) is 5.42. The zero-order valence-electron chi connectivity index (χ0n) is 11.7. The van der Waals surface area contributed by atoms with Crippen LogP contribution in [-0.4, -0.2) is 32.2 Å². The van der Waals surface area contributed by atoms with Gasteiger partial charge in [0.1, 0.15) is 5.82 Å². The Bertz CT molecular complexity index is 576. The number of pyridine rings is 1. The lowest BCUT2D eigenvalue weighted by Gasteiger charge is -2.26. The molecule has 0 saturated heterocycles. The first kappa shape index (κ1) is 13.8. The number of aliphatic hydroxyl groups is 1. The minimum atomic E-state index is -0.149. The number of hydrogen-bond acceptors (Lipinski definition) is 6. The molecule has 0 bridgehead atoms. The standard InChI is InChI=1S/C15H19N5O/c16-14-6-1-10(7-17-14)11-8-18-15(19-9-11)20-12-2-4-13(21)5-3-12/h1,6-9,12-13,21H,2-5H2,(H2,16,17)(H,18,19,20). The Morgan fingerprint density at radius 1 is 0.952 bits per heavy atom. The summed E-state index contributed by atoms with van der Waals surface area (Å²) >= 11 is 0. The van der Waals surface area contributed by atoms with E-state index in [4.69, 9.17) is 5.73 Å². The van der Waals surface area contributed by atoms with Crippen molar-refractivity contribution >= 4 is 11.8 Å². The van der Waals surface area contributed by atoms with Gasteiger partial charge in [0.2, 0.25) is 5.95 Å². The van der Waals surface area contributed by atoms with E-state index in [1.54, 1.807) is 24.7 Å². The van der Waals surface area contributed by atoms with E-state index in [9.17, 15) is 5.11 Å². The summed E-state index contributed by atoms with van der Waals surface area (Å²) < 4.78 is 0. The number of aromatic nitrogens is 3. The van der Waals surface area contributed by atoms with Crippen molar-refractivity contribution in [3.05, 3.63) is 30.7 Å². The van der Waals surface area contributed by atoms with Gasteiger partial charge in [-0.2, -0.15) is 0 Å². The molecule has 1 aliphatic rings. The molecule has 4 N–H and O–H groups in total. The molecule has 1 saturated carbocycles. The number of aliphatic hydroxyl groups excluding tert-OH is 1. The summed E-state index contributed by atoms with van der Waals surface area (Å²) in [4.78, 5) is 12.8. The molecule has 2 heterocycles. The van der Waals surface area contributed by atoms with Crippen LogP contribution in [0.1, 0.15) is 25.7 Å². The Morgan fingerprint density at radius 2 is 1.62 bits per heavy atom. The molecule has 1 fully saturated rings. The zero-order valence-corrected chi connectivity index (χ0v) is 11.7. The van der Waals surface area contributed by atoms with Crippen LogP contribution in [0.3, 0.4) is 0 Å².